The molecule has 0 saturated heterocycles. The number of hydrogen-bond donors (Lipinski definition) is 4. The Kier molecular flexibility index (Phi) is 2.38. The average molecular weight is 187 g/mol. The molecule has 66 valence electrons. The summed E-state index contributed by atoms with van der Waals surface area (Å²) in [5.41, 5.74) is 10.4. The maximum Gasteiger partial charge on any atom is 0.298 e. The number of para-hydroxylation sites is 2. The van der Waals surface area contributed by atoms with Gasteiger partial charge < -0.3 is 10.2 Å². The summed E-state index contributed by atoms with van der Waals surface area (Å²) in [5.74, 6) is -0.0337. The molecule has 6 N–H and O–H groups in total. The Morgan fingerprint density at radius 2 is 1.92 bits per heavy atom. The van der Waals surface area contributed by atoms with E-state index in [4.69, 9.17) is 11.0 Å². The van der Waals surface area contributed by atoms with Gasteiger partial charge in [-0.05, 0) is 12.1 Å². The molecule has 1 aromatic rings. The van der Waals surface area contributed by atoms with Crippen molar-refractivity contribution in [3.8, 4) is 5.75 Å². The van der Waals surface area contributed by atoms with Crippen molar-refractivity contribution < 1.29 is 9.67 Å². The molecular formula is C6H10N3O2P. The molecule has 0 atom stereocenters. The van der Waals surface area contributed by atoms with Crippen molar-refractivity contribution in [2.75, 3.05) is 5.09 Å². The molecule has 1 rings (SSSR count). The second-order valence-corrected chi connectivity index (χ2v) is 3.98. The van der Waals surface area contributed by atoms with Gasteiger partial charge in [-0.3, -0.25) is 15.6 Å². The highest BCUT2D eigenvalue weighted by molar-refractivity contribution is 7.60. The van der Waals surface area contributed by atoms with E-state index < -0.39 is 7.59 Å². The van der Waals surface area contributed by atoms with Crippen molar-refractivity contribution in [1.29, 1.82) is 0 Å². The van der Waals surface area contributed by atoms with Gasteiger partial charge in [-0.15, -0.1) is 0 Å². The molecule has 0 aromatic heterocycles. The summed E-state index contributed by atoms with van der Waals surface area (Å²) in [5, 5.41) is 11.5. The van der Waals surface area contributed by atoms with Crippen molar-refractivity contribution in [3.63, 3.8) is 0 Å². The quantitative estimate of drug-likeness (QED) is 0.405. The van der Waals surface area contributed by atoms with Crippen LogP contribution in [0.15, 0.2) is 24.3 Å². The van der Waals surface area contributed by atoms with Crippen LogP contribution in [0.3, 0.4) is 0 Å². The highest BCUT2D eigenvalue weighted by atomic mass is 31.2. The molecule has 0 aliphatic carbocycles. The lowest BCUT2D eigenvalue weighted by molar-refractivity contribution is 0.477. The monoisotopic (exact) mass is 187 g/mol. The zero-order valence-corrected chi connectivity index (χ0v) is 7.16. The number of aromatic hydroxyl groups is 1. The number of anilines is 1. The van der Waals surface area contributed by atoms with E-state index >= 15 is 0 Å². The van der Waals surface area contributed by atoms with Gasteiger partial charge in [-0.2, -0.15) is 0 Å². The van der Waals surface area contributed by atoms with Crippen LogP contribution in [0.4, 0.5) is 5.69 Å². The third-order valence-electron chi connectivity index (χ3n) is 1.20. The summed E-state index contributed by atoms with van der Waals surface area (Å²) >= 11 is 0. The van der Waals surface area contributed by atoms with Crippen molar-refractivity contribution in [2.24, 2.45) is 11.0 Å². The lowest BCUT2D eigenvalue weighted by Gasteiger charge is -2.10. The normalized spacial score (nSPS) is 11.2. The fourth-order valence-corrected chi connectivity index (χ4v) is 1.32. The predicted molar refractivity (Wildman–Crippen MR) is 47.7 cm³/mol. The second kappa shape index (κ2) is 3.15. The molecule has 5 nitrogen and oxygen atoms in total. The smallest absolute Gasteiger partial charge is 0.298 e. The molecule has 0 saturated carbocycles. The van der Waals surface area contributed by atoms with Crippen LogP contribution in [-0.2, 0) is 4.57 Å². The van der Waals surface area contributed by atoms with E-state index in [1.165, 1.54) is 12.1 Å². The second-order valence-electron chi connectivity index (χ2n) is 2.34. The average Bonchev–Trinajstić information content (AvgIpc) is 1.91. The summed E-state index contributed by atoms with van der Waals surface area (Å²) in [6.07, 6.45) is 0. The summed E-state index contributed by atoms with van der Waals surface area (Å²) < 4.78 is 10.9. The molecule has 0 aliphatic rings. The standard InChI is InChI=1S/C6H10N3O2P/c7-12(8,11)9-5-3-1-2-4-6(5)10/h1-4,10H,(H5,7,8,9,11). The van der Waals surface area contributed by atoms with E-state index in [0.29, 0.717) is 0 Å². The Morgan fingerprint density at radius 3 is 2.42 bits per heavy atom. The van der Waals surface area contributed by atoms with Gasteiger partial charge in [0, 0.05) is 0 Å². The first-order valence-corrected chi connectivity index (χ1v) is 5.07. The maximum atomic E-state index is 10.9. The number of nitrogens with two attached hydrogens (primary N) is 2. The first-order valence-electron chi connectivity index (χ1n) is 3.22. The van der Waals surface area contributed by atoms with E-state index in [2.05, 4.69) is 5.09 Å². The maximum absolute atomic E-state index is 10.9. The van der Waals surface area contributed by atoms with E-state index in [1.807, 2.05) is 0 Å². The zero-order chi connectivity index (χ0) is 9.19. The van der Waals surface area contributed by atoms with Gasteiger partial charge in [0.05, 0.1) is 5.69 Å². The molecular weight excluding hydrogens is 177 g/mol. The SMILES string of the molecule is NP(N)(=O)Nc1ccccc1O. The van der Waals surface area contributed by atoms with Crippen LogP contribution in [0.2, 0.25) is 0 Å². The number of hydrogen-bond acceptors (Lipinski definition) is 2. The number of phenolic OH excluding ortho intramolecular Hbond substituents is 1. The minimum Gasteiger partial charge on any atom is -0.506 e. The predicted octanol–water partition coefficient (Wildman–Crippen LogP) is 0.830. The Bertz CT molecular complexity index is 322. The molecule has 0 fully saturated rings. The molecule has 12 heavy (non-hydrogen) atoms. The fraction of sp³-hybridized carbons (Fsp3) is 0. The first kappa shape index (κ1) is 9.06. The third kappa shape index (κ3) is 2.54. The van der Waals surface area contributed by atoms with Crippen molar-refractivity contribution in [2.45, 2.75) is 0 Å². The van der Waals surface area contributed by atoms with E-state index in [1.54, 1.807) is 12.1 Å². The number of rotatable bonds is 2. The van der Waals surface area contributed by atoms with Gasteiger partial charge in [0.1, 0.15) is 5.75 Å². The number of nitrogens with one attached hydrogen (secondary N) is 1. The topological polar surface area (TPSA) is 101 Å². The molecule has 0 bridgehead atoms. The minimum atomic E-state index is -3.32. The highest BCUT2D eigenvalue weighted by Gasteiger charge is 2.09. The van der Waals surface area contributed by atoms with Crippen LogP contribution < -0.4 is 16.1 Å². The Balaban J connectivity index is 2.90. The van der Waals surface area contributed by atoms with Gasteiger partial charge in [0.25, 0.3) is 7.59 Å². The summed E-state index contributed by atoms with van der Waals surface area (Å²) in [4.78, 5) is 0. The van der Waals surface area contributed by atoms with E-state index in [0.717, 1.165) is 0 Å². The summed E-state index contributed by atoms with van der Waals surface area (Å²) in [7, 11) is -3.32. The molecule has 6 heteroatoms. The Hall–Kier alpha value is -1.03. The van der Waals surface area contributed by atoms with Gasteiger partial charge in [-0.1, -0.05) is 12.1 Å². The zero-order valence-electron chi connectivity index (χ0n) is 6.27. The highest BCUT2D eigenvalue weighted by Crippen LogP contribution is 2.32. The summed E-state index contributed by atoms with van der Waals surface area (Å²) in [6, 6.07) is 6.27. The molecule has 0 radical (unpaired) electrons. The molecule has 0 heterocycles. The number of benzene rings is 1. The molecule has 0 spiro atoms. The first-order chi connectivity index (χ1) is 5.49. The third-order valence-corrected chi connectivity index (χ3v) is 1.79. The van der Waals surface area contributed by atoms with Gasteiger partial charge in [0.15, 0.2) is 0 Å². The Labute approximate surface area is 69.9 Å². The molecule has 0 aliphatic heterocycles. The van der Waals surface area contributed by atoms with Crippen molar-refractivity contribution >= 4 is 13.3 Å². The van der Waals surface area contributed by atoms with Crippen molar-refractivity contribution in [1.82, 2.24) is 0 Å². The van der Waals surface area contributed by atoms with Crippen LogP contribution in [0.25, 0.3) is 0 Å². The van der Waals surface area contributed by atoms with E-state index in [9.17, 15) is 9.67 Å². The van der Waals surface area contributed by atoms with Crippen LogP contribution in [0.5, 0.6) is 5.75 Å². The largest absolute Gasteiger partial charge is 0.506 e. The lowest BCUT2D eigenvalue weighted by Crippen LogP contribution is -2.13. The lowest BCUT2D eigenvalue weighted by atomic mass is 10.3. The molecule has 0 unspecified atom stereocenters. The fourth-order valence-electron chi connectivity index (χ4n) is 0.756. The van der Waals surface area contributed by atoms with Crippen molar-refractivity contribution in [3.05, 3.63) is 24.3 Å². The van der Waals surface area contributed by atoms with Crippen LogP contribution in [0.1, 0.15) is 0 Å². The van der Waals surface area contributed by atoms with Crippen LogP contribution in [0, 0.1) is 0 Å². The van der Waals surface area contributed by atoms with E-state index in [-0.39, 0.29) is 11.4 Å². The van der Waals surface area contributed by atoms with Gasteiger partial charge in [-0.25, -0.2) is 0 Å². The number of phenols is 1. The van der Waals surface area contributed by atoms with Crippen LogP contribution in [-0.4, -0.2) is 5.11 Å². The minimum absolute atomic E-state index is 0.0337. The molecule has 0 amide bonds. The van der Waals surface area contributed by atoms with Gasteiger partial charge in [0.2, 0.25) is 0 Å². The Morgan fingerprint density at radius 1 is 1.33 bits per heavy atom. The van der Waals surface area contributed by atoms with Crippen LogP contribution >= 0.6 is 7.59 Å². The molecule has 1 aromatic carbocycles. The summed E-state index contributed by atoms with van der Waals surface area (Å²) in [6.45, 7) is 0. The van der Waals surface area contributed by atoms with Gasteiger partial charge >= 0.3 is 0 Å².